The number of nitrogens with two attached hydrogens (primary N) is 1. The van der Waals surface area contributed by atoms with Crippen LogP contribution in [-0.2, 0) is 21.5 Å². The highest BCUT2D eigenvalue weighted by atomic mass is 32.2. The van der Waals surface area contributed by atoms with Crippen LogP contribution in [0.1, 0.15) is 31.2 Å². The van der Waals surface area contributed by atoms with E-state index >= 15 is 0 Å². The van der Waals surface area contributed by atoms with Crippen molar-refractivity contribution in [1.29, 1.82) is 0 Å². The number of carbonyl (C=O) groups is 1. The van der Waals surface area contributed by atoms with Gasteiger partial charge in [0.25, 0.3) is 10.2 Å². The van der Waals surface area contributed by atoms with Gasteiger partial charge in [0.15, 0.2) is 0 Å². The first kappa shape index (κ1) is 16.9. The average Bonchev–Trinajstić information content (AvgIpc) is 2.53. The van der Waals surface area contributed by atoms with Gasteiger partial charge >= 0.3 is 0 Å². The number of benzene rings is 1. The smallest absolute Gasteiger partial charge is 0.282 e. The molecule has 2 rings (SSSR count). The Morgan fingerprint density at radius 2 is 1.77 bits per heavy atom. The molecule has 22 heavy (non-hydrogen) atoms. The minimum atomic E-state index is -3.56. The third-order valence-electron chi connectivity index (χ3n) is 3.78. The molecule has 1 saturated heterocycles. The Bertz CT molecular complexity index is 583. The molecular weight excluding hydrogens is 302 g/mol. The molecule has 1 fully saturated rings. The van der Waals surface area contributed by atoms with Crippen molar-refractivity contribution in [1.82, 2.24) is 8.61 Å². The van der Waals surface area contributed by atoms with E-state index in [4.69, 9.17) is 5.73 Å². The van der Waals surface area contributed by atoms with E-state index in [-0.39, 0.29) is 19.5 Å². The zero-order valence-corrected chi connectivity index (χ0v) is 13.5. The van der Waals surface area contributed by atoms with E-state index < -0.39 is 16.1 Å². The second-order valence-electron chi connectivity index (χ2n) is 5.50. The van der Waals surface area contributed by atoms with Crippen molar-refractivity contribution in [2.75, 3.05) is 19.6 Å². The highest BCUT2D eigenvalue weighted by Gasteiger charge is 2.30. The van der Waals surface area contributed by atoms with Crippen molar-refractivity contribution in [3.05, 3.63) is 35.9 Å². The molecule has 0 unspecified atom stereocenters. The quantitative estimate of drug-likeness (QED) is 0.814. The van der Waals surface area contributed by atoms with Crippen LogP contribution in [0.4, 0.5) is 0 Å². The number of piperidine rings is 1. The third-order valence-corrected chi connectivity index (χ3v) is 5.76. The fraction of sp³-hybridized carbons (Fsp3) is 0.533. The van der Waals surface area contributed by atoms with Crippen LogP contribution in [0, 0.1) is 0 Å². The van der Waals surface area contributed by atoms with E-state index in [0.717, 1.165) is 24.8 Å². The molecule has 1 heterocycles. The van der Waals surface area contributed by atoms with Gasteiger partial charge < -0.3 is 5.73 Å². The molecule has 7 heteroatoms. The van der Waals surface area contributed by atoms with Gasteiger partial charge in [0.2, 0.25) is 5.91 Å². The van der Waals surface area contributed by atoms with E-state index in [0.29, 0.717) is 13.1 Å². The highest BCUT2D eigenvalue weighted by Crippen LogP contribution is 2.19. The summed E-state index contributed by atoms with van der Waals surface area (Å²) < 4.78 is 28.5. The van der Waals surface area contributed by atoms with Gasteiger partial charge in [-0.1, -0.05) is 36.8 Å². The maximum absolute atomic E-state index is 12.8. The highest BCUT2D eigenvalue weighted by molar-refractivity contribution is 7.86. The Morgan fingerprint density at radius 3 is 2.36 bits per heavy atom. The number of rotatable bonds is 7. The van der Waals surface area contributed by atoms with Gasteiger partial charge in [0.1, 0.15) is 0 Å². The van der Waals surface area contributed by atoms with Crippen LogP contribution in [0.5, 0.6) is 0 Å². The Morgan fingerprint density at radius 1 is 1.14 bits per heavy atom. The van der Waals surface area contributed by atoms with Crippen molar-refractivity contribution in [2.24, 2.45) is 5.73 Å². The molecule has 0 bridgehead atoms. The number of amides is 1. The monoisotopic (exact) mass is 325 g/mol. The lowest BCUT2D eigenvalue weighted by molar-refractivity contribution is -0.118. The number of hydrogen-bond acceptors (Lipinski definition) is 3. The second-order valence-corrected chi connectivity index (χ2v) is 7.43. The molecule has 1 aromatic carbocycles. The molecule has 122 valence electrons. The van der Waals surface area contributed by atoms with Crippen molar-refractivity contribution in [3.8, 4) is 0 Å². The fourth-order valence-electron chi connectivity index (χ4n) is 2.56. The van der Waals surface area contributed by atoms with Crippen LogP contribution < -0.4 is 5.73 Å². The summed E-state index contributed by atoms with van der Waals surface area (Å²) in [5, 5.41) is 0. The molecule has 0 spiro atoms. The van der Waals surface area contributed by atoms with Crippen LogP contribution in [0.3, 0.4) is 0 Å². The summed E-state index contributed by atoms with van der Waals surface area (Å²) in [5.41, 5.74) is 6.08. The maximum atomic E-state index is 12.8. The predicted molar refractivity (Wildman–Crippen MR) is 85.0 cm³/mol. The summed E-state index contributed by atoms with van der Waals surface area (Å²) in [6.45, 7) is 1.46. The fourth-order valence-corrected chi connectivity index (χ4v) is 4.24. The van der Waals surface area contributed by atoms with Crippen LogP contribution in [-0.4, -0.2) is 42.6 Å². The summed E-state index contributed by atoms with van der Waals surface area (Å²) in [5.74, 6) is -0.494. The first-order chi connectivity index (χ1) is 10.5. The minimum Gasteiger partial charge on any atom is -0.370 e. The lowest BCUT2D eigenvalue weighted by atomic mass is 10.2. The minimum absolute atomic E-state index is 0.0277. The first-order valence-electron chi connectivity index (χ1n) is 7.57. The van der Waals surface area contributed by atoms with Gasteiger partial charge in [-0.05, 0) is 18.4 Å². The molecule has 0 aliphatic carbocycles. The topological polar surface area (TPSA) is 83.7 Å². The number of carbonyl (C=O) groups excluding carboxylic acids is 1. The van der Waals surface area contributed by atoms with Gasteiger partial charge in [0, 0.05) is 32.6 Å². The lowest BCUT2D eigenvalue weighted by Crippen LogP contribution is -2.46. The van der Waals surface area contributed by atoms with Crippen LogP contribution in [0.2, 0.25) is 0 Å². The number of primary amides is 1. The second kappa shape index (κ2) is 7.71. The Balaban J connectivity index is 2.16. The van der Waals surface area contributed by atoms with Crippen molar-refractivity contribution >= 4 is 16.1 Å². The summed E-state index contributed by atoms with van der Waals surface area (Å²) in [6.07, 6.45) is 2.86. The summed E-state index contributed by atoms with van der Waals surface area (Å²) in [4.78, 5) is 11.0. The molecule has 1 amide bonds. The van der Waals surface area contributed by atoms with Gasteiger partial charge in [-0.25, -0.2) is 0 Å². The first-order valence-corrected chi connectivity index (χ1v) is 8.97. The number of nitrogens with zero attached hydrogens (tertiary/aromatic N) is 2. The Hall–Kier alpha value is -1.44. The van der Waals surface area contributed by atoms with Gasteiger partial charge in [-0.3, -0.25) is 4.79 Å². The maximum Gasteiger partial charge on any atom is 0.282 e. The standard InChI is InChI=1S/C15H23N3O3S/c16-15(19)9-12-18(13-14-7-3-1-4-8-14)22(20,21)17-10-5-2-6-11-17/h1,3-4,7-8H,2,5-6,9-13H2,(H2,16,19). The van der Waals surface area contributed by atoms with Gasteiger partial charge in [0.05, 0.1) is 0 Å². The lowest BCUT2D eigenvalue weighted by Gasteiger charge is -2.32. The van der Waals surface area contributed by atoms with E-state index in [1.165, 1.54) is 8.61 Å². The Kier molecular flexibility index (Phi) is 5.93. The molecule has 1 aliphatic rings. The molecule has 1 aliphatic heterocycles. The third kappa shape index (κ3) is 4.53. The molecule has 0 atom stereocenters. The summed E-state index contributed by atoms with van der Waals surface area (Å²) >= 11 is 0. The van der Waals surface area contributed by atoms with Crippen LogP contribution in [0.25, 0.3) is 0 Å². The molecular formula is C15H23N3O3S. The summed E-state index contributed by atoms with van der Waals surface area (Å²) in [7, 11) is -3.56. The molecule has 0 aromatic heterocycles. The van der Waals surface area contributed by atoms with Gasteiger partial charge in [-0.15, -0.1) is 0 Å². The van der Waals surface area contributed by atoms with Crippen molar-refractivity contribution < 1.29 is 13.2 Å². The van der Waals surface area contributed by atoms with Crippen molar-refractivity contribution in [2.45, 2.75) is 32.2 Å². The number of hydrogen-bond donors (Lipinski definition) is 1. The van der Waals surface area contributed by atoms with E-state index in [1.807, 2.05) is 30.3 Å². The summed E-state index contributed by atoms with van der Waals surface area (Å²) in [6, 6.07) is 9.38. The molecule has 1 aromatic rings. The molecule has 0 saturated carbocycles. The van der Waals surface area contributed by atoms with E-state index in [9.17, 15) is 13.2 Å². The molecule has 6 nitrogen and oxygen atoms in total. The molecule has 0 radical (unpaired) electrons. The zero-order valence-electron chi connectivity index (χ0n) is 12.6. The van der Waals surface area contributed by atoms with Crippen molar-refractivity contribution in [3.63, 3.8) is 0 Å². The normalized spacial score (nSPS) is 16.8. The van der Waals surface area contributed by atoms with E-state index in [2.05, 4.69) is 0 Å². The largest absolute Gasteiger partial charge is 0.370 e. The van der Waals surface area contributed by atoms with Crippen LogP contribution in [0.15, 0.2) is 30.3 Å². The SMILES string of the molecule is NC(=O)CCN(Cc1ccccc1)S(=O)(=O)N1CCCCC1. The van der Waals surface area contributed by atoms with Crippen LogP contribution >= 0.6 is 0 Å². The van der Waals surface area contributed by atoms with Gasteiger partial charge in [-0.2, -0.15) is 17.0 Å². The predicted octanol–water partition coefficient (Wildman–Crippen LogP) is 1.09. The van der Waals surface area contributed by atoms with E-state index in [1.54, 1.807) is 0 Å². The Labute approximate surface area is 132 Å². The zero-order chi connectivity index (χ0) is 16.0. The molecule has 2 N–H and O–H groups in total. The average molecular weight is 325 g/mol.